The third-order valence-corrected chi connectivity index (χ3v) is 1.76. The van der Waals surface area contributed by atoms with Crippen molar-refractivity contribution in [3.05, 3.63) is 29.2 Å². The summed E-state index contributed by atoms with van der Waals surface area (Å²) in [5.41, 5.74) is 1.13. The molecule has 0 spiro atoms. The van der Waals surface area contributed by atoms with Crippen molar-refractivity contribution >= 4 is 17.2 Å². The molecule has 0 bridgehead atoms. The molecule has 0 radical (unpaired) electrons. The maximum absolute atomic E-state index is 8.56. The summed E-state index contributed by atoms with van der Waals surface area (Å²) in [6.07, 6.45) is 1.66. The summed E-state index contributed by atoms with van der Waals surface area (Å²) in [5, 5.41) is 16.3. The lowest BCUT2D eigenvalue weighted by Gasteiger charge is -1.91. The minimum absolute atomic E-state index is 0.300. The predicted molar refractivity (Wildman–Crippen MR) is 42.7 cm³/mol. The van der Waals surface area contributed by atoms with E-state index in [2.05, 4.69) is 10.2 Å². The Morgan fingerprint density at radius 1 is 1.50 bits per heavy atom. The van der Waals surface area contributed by atoms with Crippen LogP contribution in [0.5, 0.6) is 0 Å². The number of hydrogen-bond acceptors (Lipinski definition) is 3. The Kier molecular flexibility index (Phi) is 1.45. The van der Waals surface area contributed by atoms with Crippen LogP contribution in [0.3, 0.4) is 0 Å². The number of hydrogen-bond donors (Lipinski definition) is 0. The maximum atomic E-state index is 8.56. The molecule has 0 saturated carbocycles. The number of nitriles is 1. The van der Waals surface area contributed by atoms with Gasteiger partial charge in [-0.25, -0.2) is 0 Å². The number of halogens is 1. The lowest BCUT2D eigenvalue weighted by molar-refractivity contribution is 1.10. The molecular formula is C7H3ClN4. The number of nitrogens with zero attached hydrogens (tertiary/aromatic N) is 4. The van der Waals surface area contributed by atoms with Gasteiger partial charge in [0.2, 0.25) is 5.28 Å². The normalized spacial score (nSPS) is 10.0. The van der Waals surface area contributed by atoms with Crippen LogP contribution in [-0.2, 0) is 0 Å². The number of fused-ring (bicyclic) bond motifs is 1. The van der Waals surface area contributed by atoms with E-state index < -0.39 is 0 Å². The highest BCUT2D eigenvalue weighted by Gasteiger charge is 2.01. The first-order valence-electron chi connectivity index (χ1n) is 3.21. The van der Waals surface area contributed by atoms with Gasteiger partial charge in [-0.1, -0.05) is 0 Å². The lowest BCUT2D eigenvalue weighted by Crippen LogP contribution is -1.84. The molecule has 2 aromatic rings. The second kappa shape index (κ2) is 2.47. The van der Waals surface area contributed by atoms with Crippen molar-refractivity contribution in [1.82, 2.24) is 14.6 Å². The first-order chi connectivity index (χ1) is 5.81. The molecule has 0 amide bonds. The molecule has 2 rings (SSSR count). The number of rotatable bonds is 0. The van der Waals surface area contributed by atoms with E-state index in [0.717, 1.165) is 0 Å². The van der Waals surface area contributed by atoms with Gasteiger partial charge in [-0.3, -0.25) is 4.40 Å². The van der Waals surface area contributed by atoms with Crippen molar-refractivity contribution in [2.24, 2.45) is 0 Å². The monoisotopic (exact) mass is 178 g/mol. The Hall–Kier alpha value is -1.60. The van der Waals surface area contributed by atoms with Crippen molar-refractivity contribution < 1.29 is 0 Å². The second-order valence-electron chi connectivity index (χ2n) is 2.22. The fourth-order valence-corrected chi connectivity index (χ4v) is 1.11. The molecule has 2 heterocycles. The highest BCUT2D eigenvalue weighted by molar-refractivity contribution is 6.28. The van der Waals surface area contributed by atoms with Crippen LogP contribution in [0.2, 0.25) is 5.28 Å². The summed E-state index contributed by atoms with van der Waals surface area (Å²) in [6.45, 7) is 0. The van der Waals surface area contributed by atoms with Crippen LogP contribution in [0.25, 0.3) is 5.65 Å². The minimum atomic E-state index is 0.300. The molecule has 0 N–H and O–H groups in total. The van der Waals surface area contributed by atoms with Crippen LogP contribution in [-0.4, -0.2) is 14.6 Å². The summed E-state index contributed by atoms with van der Waals surface area (Å²) >= 11 is 5.67. The fourth-order valence-electron chi connectivity index (χ4n) is 0.931. The molecular weight excluding hydrogens is 176 g/mol. The quantitative estimate of drug-likeness (QED) is 0.610. The molecule has 0 aliphatic heterocycles. The third-order valence-electron chi connectivity index (χ3n) is 1.50. The van der Waals surface area contributed by atoms with Gasteiger partial charge in [0.15, 0.2) is 5.65 Å². The van der Waals surface area contributed by atoms with Gasteiger partial charge in [0, 0.05) is 12.3 Å². The Bertz CT molecular complexity index is 468. The molecule has 58 valence electrons. The Morgan fingerprint density at radius 2 is 2.33 bits per heavy atom. The van der Waals surface area contributed by atoms with Gasteiger partial charge in [0.1, 0.15) is 0 Å². The van der Waals surface area contributed by atoms with E-state index in [1.807, 2.05) is 6.07 Å². The van der Waals surface area contributed by atoms with Crippen LogP contribution in [0, 0.1) is 11.3 Å². The van der Waals surface area contributed by atoms with Gasteiger partial charge in [-0.05, 0) is 17.7 Å². The van der Waals surface area contributed by atoms with Crippen LogP contribution in [0.1, 0.15) is 5.56 Å². The molecule has 0 aromatic carbocycles. The average Bonchev–Trinajstić information content (AvgIpc) is 2.47. The maximum Gasteiger partial charge on any atom is 0.229 e. The van der Waals surface area contributed by atoms with E-state index >= 15 is 0 Å². The van der Waals surface area contributed by atoms with E-state index in [1.54, 1.807) is 22.7 Å². The molecule has 0 saturated heterocycles. The van der Waals surface area contributed by atoms with E-state index in [1.165, 1.54) is 0 Å². The first kappa shape index (κ1) is 7.07. The van der Waals surface area contributed by atoms with E-state index in [9.17, 15) is 0 Å². The zero-order valence-electron chi connectivity index (χ0n) is 5.90. The third kappa shape index (κ3) is 0.917. The Balaban J connectivity index is 2.80. The molecule has 0 atom stereocenters. The molecule has 12 heavy (non-hydrogen) atoms. The average molecular weight is 179 g/mol. The molecule has 0 fully saturated rings. The number of pyridine rings is 1. The van der Waals surface area contributed by atoms with Crippen molar-refractivity contribution in [2.45, 2.75) is 0 Å². The van der Waals surface area contributed by atoms with Crippen molar-refractivity contribution in [1.29, 1.82) is 5.26 Å². The summed E-state index contributed by atoms with van der Waals surface area (Å²) in [7, 11) is 0. The smallest absolute Gasteiger partial charge is 0.229 e. The van der Waals surface area contributed by atoms with E-state index in [4.69, 9.17) is 16.9 Å². The molecule has 4 nitrogen and oxygen atoms in total. The van der Waals surface area contributed by atoms with Gasteiger partial charge in [-0.15, -0.1) is 10.2 Å². The van der Waals surface area contributed by atoms with Crippen molar-refractivity contribution in [3.8, 4) is 6.07 Å². The SMILES string of the molecule is N#Cc1ccn2c(Cl)nnc2c1. The Morgan fingerprint density at radius 3 is 3.08 bits per heavy atom. The second-order valence-corrected chi connectivity index (χ2v) is 2.56. The highest BCUT2D eigenvalue weighted by atomic mass is 35.5. The van der Waals surface area contributed by atoms with Crippen LogP contribution >= 0.6 is 11.6 Å². The van der Waals surface area contributed by atoms with Crippen LogP contribution in [0.4, 0.5) is 0 Å². The van der Waals surface area contributed by atoms with Crippen LogP contribution in [0.15, 0.2) is 18.3 Å². The molecule has 0 aliphatic carbocycles. The minimum Gasteiger partial charge on any atom is -0.273 e. The van der Waals surface area contributed by atoms with Gasteiger partial charge in [-0.2, -0.15) is 5.26 Å². The van der Waals surface area contributed by atoms with Crippen LogP contribution < -0.4 is 0 Å². The molecule has 2 aromatic heterocycles. The zero-order valence-corrected chi connectivity index (χ0v) is 6.65. The zero-order chi connectivity index (χ0) is 8.55. The van der Waals surface area contributed by atoms with Gasteiger partial charge in [0.05, 0.1) is 11.6 Å². The number of aromatic nitrogens is 3. The van der Waals surface area contributed by atoms with Gasteiger partial charge in [0.25, 0.3) is 0 Å². The van der Waals surface area contributed by atoms with Gasteiger partial charge >= 0.3 is 0 Å². The van der Waals surface area contributed by atoms with Crippen molar-refractivity contribution in [2.75, 3.05) is 0 Å². The molecule has 5 heteroatoms. The highest BCUT2D eigenvalue weighted by Crippen LogP contribution is 2.09. The van der Waals surface area contributed by atoms with E-state index in [-0.39, 0.29) is 0 Å². The van der Waals surface area contributed by atoms with Gasteiger partial charge < -0.3 is 0 Å². The summed E-state index contributed by atoms with van der Waals surface area (Å²) in [5.74, 6) is 0. The predicted octanol–water partition coefficient (Wildman–Crippen LogP) is 1.25. The van der Waals surface area contributed by atoms with Crippen molar-refractivity contribution in [3.63, 3.8) is 0 Å². The van der Waals surface area contributed by atoms with E-state index in [0.29, 0.717) is 16.5 Å². The first-order valence-corrected chi connectivity index (χ1v) is 3.59. The molecule has 0 aliphatic rings. The summed E-state index contributed by atoms with van der Waals surface area (Å²) in [4.78, 5) is 0. The summed E-state index contributed by atoms with van der Waals surface area (Å²) < 4.78 is 1.60. The Labute approximate surface area is 73.0 Å². The standard InChI is InChI=1S/C7H3ClN4/c8-7-11-10-6-3-5(4-9)1-2-12(6)7/h1-3H. The lowest BCUT2D eigenvalue weighted by atomic mass is 10.3. The summed E-state index contributed by atoms with van der Waals surface area (Å²) in [6, 6.07) is 5.28. The largest absolute Gasteiger partial charge is 0.273 e. The molecule has 0 unspecified atom stereocenters. The topological polar surface area (TPSA) is 54.0 Å². The fraction of sp³-hybridized carbons (Fsp3) is 0.